The number of hydrogen-bond donors (Lipinski definition) is 2. The molecule has 1 rings (SSSR count). The molecule has 4 nitrogen and oxygen atoms in total. The van der Waals surface area contributed by atoms with Gasteiger partial charge in [0.05, 0.1) is 0 Å². The van der Waals surface area contributed by atoms with Crippen LogP contribution >= 0.6 is 0 Å². The van der Waals surface area contributed by atoms with Crippen molar-refractivity contribution in [2.45, 2.75) is 6.42 Å². The third kappa shape index (κ3) is 1.66. The van der Waals surface area contributed by atoms with E-state index in [-0.39, 0.29) is 12.6 Å². The van der Waals surface area contributed by atoms with E-state index in [2.05, 4.69) is 9.97 Å². The second kappa shape index (κ2) is 3.12. The van der Waals surface area contributed by atoms with Crippen molar-refractivity contribution in [2.75, 3.05) is 12.3 Å². The number of aromatic nitrogens is 2. The van der Waals surface area contributed by atoms with Crippen LogP contribution in [0.5, 0.6) is 0 Å². The van der Waals surface area contributed by atoms with Crippen LogP contribution in [0.4, 0.5) is 5.95 Å². The maximum Gasteiger partial charge on any atom is 0.219 e. The van der Waals surface area contributed by atoms with Crippen LogP contribution < -0.4 is 5.73 Å². The molecule has 0 spiro atoms. The van der Waals surface area contributed by atoms with Crippen LogP contribution in [0.3, 0.4) is 0 Å². The van der Waals surface area contributed by atoms with Crippen LogP contribution in [0.15, 0.2) is 12.4 Å². The van der Waals surface area contributed by atoms with Gasteiger partial charge in [-0.2, -0.15) is 0 Å². The Morgan fingerprint density at radius 3 is 2.50 bits per heavy atom. The Hall–Kier alpha value is -1.16. The first-order valence-corrected chi connectivity index (χ1v) is 3.00. The number of aliphatic hydroxyl groups excluding tert-OH is 1. The van der Waals surface area contributed by atoms with E-state index in [1.165, 1.54) is 0 Å². The molecular formula is C6H9N3O. The molecule has 0 atom stereocenters. The maximum atomic E-state index is 8.50. The summed E-state index contributed by atoms with van der Waals surface area (Å²) in [5.74, 6) is 0.265. The highest BCUT2D eigenvalue weighted by Crippen LogP contribution is 1.96. The smallest absolute Gasteiger partial charge is 0.219 e. The lowest BCUT2D eigenvalue weighted by Crippen LogP contribution is -1.97. The highest BCUT2D eigenvalue weighted by Gasteiger charge is 1.91. The van der Waals surface area contributed by atoms with Gasteiger partial charge in [0, 0.05) is 19.0 Å². The van der Waals surface area contributed by atoms with Gasteiger partial charge in [0.15, 0.2) is 0 Å². The summed E-state index contributed by atoms with van der Waals surface area (Å²) in [4.78, 5) is 7.51. The number of anilines is 1. The summed E-state index contributed by atoms with van der Waals surface area (Å²) in [6.07, 6.45) is 3.80. The van der Waals surface area contributed by atoms with Crippen molar-refractivity contribution in [1.82, 2.24) is 9.97 Å². The molecule has 0 fully saturated rings. The summed E-state index contributed by atoms with van der Waals surface area (Å²) >= 11 is 0. The average molecular weight is 139 g/mol. The lowest BCUT2D eigenvalue weighted by molar-refractivity contribution is 0.299. The Morgan fingerprint density at radius 1 is 1.40 bits per heavy atom. The molecule has 1 aromatic rings. The number of aliphatic hydroxyl groups is 1. The van der Waals surface area contributed by atoms with Crippen molar-refractivity contribution >= 4 is 5.95 Å². The molecule has 0 amide bonds. The summed E-state index contributed by atoms with van der Waals surface area (Å²) in [6, 6.07) is 0. The molecule has 10 heavy (non-hydrogen) atoms. The quantitative estimate of drug-likeness (QED) is 0.584. The predicted octanol–water partition coefficient (Wildman–Crippen LogP) is -0.406. The molecule has 0 radical (unpaired) electrons. The van der Waals surface area contributed by atoms with Gasteiger partial charge in [-0.3, -0.25) is 0 Å². The third-order valence-electron chi connectivity index (χ3n) is 1.13. The second-order valence-corrected chi connectivity index (χ2v) is 1.92. The average Bonchev–Trinajstić information content (AvgIpc) is 1.95. The zero-order valence-electron chi connectivity index (χ0n) is 5.49. The molecule has 1 heterocycles. The van der Waals surface area contributed by atoms with Gasteiger partial charge in [-0.1, -0.05) is 0 Å². The summed E-state index contributed by atoms with van der Waals surface area (Å²) in [6.45, 7) is 0.118. The molecular weight excluding hydrogens is 130 g/mol. The number of nitrogens with two attached hydrogens (primary N) is 1. The van der Waals surface area contributed by atoms with Gasteiger partial charge in [-0.15, -0.1) is 0 Å². The molecule has 0 saturated heterocycles. The van der Waals surface area contributed by atoms with Gasteiger partial charge < -0.3 is 10.8 Å². The van der Waals surface area contributed by atoms with Crippen molar-refractivity contribution < 1.29 is 5.11 Å². The topological polar surface area (TPSA) is 72.0 Å². The van der Waals surface area contributed by atoms with Gasteiger partial charge in [-0.05, 0) is 12.0 Å². The van der Waals surface area contributed by atoms with Gasteiger partial charge in [-0.25, -0.2) is 9.97 Å². The summed E-state index contributed by atoms with van der Waals surface area (Å²) in [5, 5.41) is 8.50. The van der Waals surface area contributed by atoms with Crippen LogP contribution in [0.1, 0.15) is 5.56 Å². The Balaban J connectivity index is 2.69. The van der Waals surface area contributed by atoms with E-state index in [9.17, 15) is 0 Å². The van der Waals surface area contributed by atoms with Gasteiger partial charge in [0.1, 0.15) is 0 Å². The number of rotatable bonds is 2. The van der Waals surface area contributed by atoms with Crippen LogP contribution in [0.2, 0.25) is 0 Å². The fraction of sp³-hybridized carbons (Fsp3) is 0.333. The molecule has 3 N–H and O–H groups in total. The fourth-order valence-corrected chi connectivity index (χ4v) is 0.623. The predicted molar refractivity (Wildman–Crippen MR) is 37.2 cm³/mol. The van der Waals surface area contributed by atoms with Crippen LogP contribution in [0, 0.1) is 0 Å². The number of nitrogens with zero attached hydrogens (tertiary/aromatic N) is 2. The molecule has 0 bridgehead atoms. The molecule has 0 saturated carbocycles. The molecule has 0 aliphatic carbocycles. The Labute approximate surface area is 58.7 Å². The van der Waals surface area contributed by atoms with Gasteiger partial charge in [0.2, 0.25) is 5.95 Å². The monoisotopic (exact) mass is 139 g/mol. The van der Waals surface area contributed by atoms with E-state index in [1.54, 1.807) is 12.4 Å². The first kappa shape index (κ1) is 6.95. The molecule has 0 aliphatic rings. The maximum absolute atomic E-state index is 8.50. The molecule has 0 unspecified atom stereocenters. The van der Waals surface area contributed by atoms with Gasteiger partial charge in [0.25, 0.3) is 0 Å². The number of hydrogen-bond acceptors (Lipinski definition) is 4. The molecule has 4 heteroatoms. The number of nitrogen functional groups attached to an aromatic ring is 1. The minimum Gasteiger partial charge on any atom is -0.396 e. The van der Waals surface area contributed by atoms with Crippen LogP contribution in [-0.2, 0) is 6.42 Å². The van der Waals surface area contributed by atoms with Crippen molar-refractivity contribution in [3.8, 4) is 0 Å². The highest BCUT2D eigenvalue weighted by molar-refractivity contribution is 5.16. The van der Waals surface area contributed by atoms with E-state index in [4.69, 9.17) is 10.8 Å². The van der Waals surface area contributed by atoms with Crippen LogP contribution in [0.25, 0.3) is 0 Å². The Kier molecular flexibility index (Phi) is 2.17. The van der Waals surface area contributed by atoms with Crippen LogP contribution in [-0.4, -0.2) is 21.7 Å². The first-order valence-electron chi connectivity index (χ1n) is 3.00. The summed E-state index contributed by atoms with van der Waals surface area (Å²) < 4.78 is 0. The normalized spacial score (nSPS) is 9.70. The third-order valence-corrected chi connectivity index (χ3v) is 1.13. The molecule has 1 aromatic heterocycles. The lowest BCUT2D eigenvalue weighted by atomic mass is 10.3. The molecule has 54 valence electrons. The highest BCUT2D eigenvalue weighted by atomic mass is 16.2. The van der Waals surface area contributed by atoms with E-state index >= 15 is 0 Å². The zero-order chi connectivity index (χ0) is 7.40. The Morgan fingerprint density at radius 2 is 2.00 bits per heavy atom. The van der Waals surface area contributed by atoms with Gasteiger partial charge >= 0.3 is 0 Å². The first-order chi connectivity index (χ1) is 4.83. The van der Waals surface area contributed by atoms with Crippen molar-refractivity contribution in [3.63, 3.8) is 0 Å². The Bertz CT molecular complexity index is 197. The zero-order valence-corrected chi connectivity index (χ0v) is 5.49. The SMILES string of the molecule is Nc1ncc(CCO)cn1. The van der Waals surface area contributed by atoms with Crippen molar-refractivity contribution in [2.24, 2.45) is 0 Å². The second-order valence-electron chi connectivity index (χ2n) is 1.92. The van der Waals surface area contributed by atoms with E-state index in [0.29, 0.717) is 6.42 Å². The van der Waals surface area contributed by atoms with E-state index in [0.717, 1.165) is 5.56 Å². The van der Waals surface area contributed by atoms with Crippen molar-refractivity contribution in [1.29, 1.82) is 0 Å². The van der Waals surface area contributed by atoms with Crippen molar-refractivity contribution in [3.05, 3.63) is 18.0 Å². The van der Waals surface area contributed by atoms with E-state index in [1.807, 2.05) is 0 Å². The van der Waals surface area contributed by atoms with E-state index < -0.39 is 0 Å². The molecule has 0 aliphatic heterocycles. The summed E-state index contributed by atoms with van der Waals surface area (Å²) in [7, 11) is 0. The standard InChI is InChI=1S/C6H9N3O/c7-6-8-3-5(1-2-10)4-9-6/h3-4,10H,1-2H2,(H2,7,8,9). The minimum atomic E-state index is 0.118. The minimum absolute atomic E-state index is 0.118. The molecule has 0 aromatic carbocycles. The summed E-state index contributed by atoms with van der Waals surface area (Å²) in [5.41, 5.74) is 6.14. The fourth-order valence-electron chi connectivity index (χ4n) is 0.623. The lowest BCUT2D eigenvalue weighted by Gasteiger charge is -1.95. The largest absolute Gasteiger partial charge is 0.396 e.